The molecule has 10 nitrogen and oxygen atoms in total. The predicted octanol–water partition coefficient (Wildman–Crippen LogP) is 6.30. The van der Waals surface area contributed by atoms with Gasteiger partial charge in [-0.1, -0.05) is 24.3 Å². The highest BCUT2D eigenvalue weighted by Gasteiger charge is 2.34. The van der Waals surface area contributed by atoms with Gasteiger partial charge < -0.3 is 19.6 Å². The Kier molecular flexibility index (Phi) is 9.01. The highest BCUT2D eigenvalue weighted by Crippen LogP contribution is 2.39. The number of hydrogen-bond donors (Lipinski definition) is 1. The van der Waals surface area contributed by atoms with Crippen LogP contribution in [-0.2, 0) is 11.3 Å². The Labute approximate surface area is 264 Å². The van der Waals surface area contributed by atoms with Crippen LogP contribution in [0, 0.1) is 5.82 Å². The molecular weight excluding hydrogens is 594 g/mol. The highest BCUT2D eigenvalue weighted by molar-refractivity contribution is 7.22. The number of hydrogen-bond acceptors (Lipinski definition) is 8. The summed E-state index contributed by atoms with van der Waals surface area (Å²) in [7, 11) is 7.64. The number of urea groups is 2. The van der Waals surface area contributed by atoms with Gasteiger partial charge in [0.25, 0.3) is 0 Å². The van der Waals surface area contributed by atoms with Crippen molar-refractivity contribution >= 4 is 53.0 Å². The zero-order valence-corrected chi connectivity index (χ0v) is 25.2. The van der Waals surface area contributed by atoms with Crippen molar-refractivity contribution in [1.82, 2.24) is 19.7 Å². The number of fused-ring (bicyclic) bond motifs is 1. The molecule has 1 N–H and O–H groups in total. The van der Waals surface area contributed by atoms with Gasteiger partial charge in [0, 0.05) is 62.6 Å². The van der Waals surface area contributed by atoms with Crippen LogP contribution < -0.4 is 15.0 Å². The van der Waals surface area contributed by atoms with Crippen LogP contribution in [0.2, 0.25) is 0 Å². The number of ether oxygens (including phenoxy) is 2. The Balaban J connectivity index is 1.12. The Morgan fingerprint density at radius 2 is 1.91 bits per heavy atom. The normalized spacial score (nSPS) is 13.2. The van der Waals surface area contributed by atoms with Crippen molar-refractivity contribution in [2.24, 2.45) is 0 Å². The van der Waals surface area contributed by atoms with E-state index in [1.165, 1.54) is 28.4 Å². The molecule has 0 aliphatic carbocycles. The van der Waals surface area contributed by atoms with E-state index in [0.29, 0.717) is 43.2 Å². The number of rotatable bonds is 10. The number of methoxy groups -OCH3 is 1. The number of aromatic nitrogens is 2. The molecule has 3 aromatic heterocycles. The molecule has 0 unspecified atom stereocenters. The predicted molar refractivity (Wildman–Crippen MR) is 172 cm³/mol. The molecule has 5 aromatic rings. The third kappa shape index (κ3) is 6.80. The van der Waals surface area contributed by atoms with Gasteiger partial charge in [-0.2, -0.15) is 0 Å². The molecule has 0 saturated carbocycles. The number of halogens is 1. The van der Waals surface area contributed by atoms with Crippen molar-refractivity contribution < 1.29 is 23.5 Å². The maximum Gasteiger partial charge on any atom is 0.332 e. The second-order valence-electron chi connectivity index (χ2n) is 10.2. The summed E-state index contributed by atoms with van der Waals surface area (Å²) in [5.74, 6) is -0.265. The summed E-state index contributed by atoms with van der Waals surface area (Å²) in [4.78, 5) is 39.9. The van der Waals surface area contributed by atoms with Crippen LogP contribution in [0.4, 0.5) is 25.4 Å². The molecule has 0 spiro atoms. The quantitative estimate of drug-likeness (QED) is 0.183. The first kappa shape index (κ1) is 30.2. The minimum absolute atomic E-state index is 0.0229. The Hall–Kier alpha value is -4.85. The maximum absolute atomic E-state index is 15.2. The molecule has 45 heavy (non-hydrogen) atoms. The minimum Gasteiger partial charge on any atom is -0.453 e. The zero-order chi connectivity index (χ0) is 31.3. The van der Waals surface area contributed by atoms with Gasteiger partial charge in [0.1, 0.15) is 5.75 Å². The first-order valence-corrected chi connectivity index (χ1v) is 15.0. The van der Waals surface area contributed by atoms with E-state index in [1.54, 1.807) is 42.5 Å². The zero-order valence-electron chi connectivity index (χ0n) is 24.4. The van der Waals surface area contributed by atoms with Crippen molar-refractivity contribution in [2.75, 3.05) is 43.6 Å². The Morgan fingerprint density at radius 3 is 2.67 bits per heavy atom. The van der Waals surface area contributed by atoms with Crippen molar-refractivity contribution in [3.8, 4) is 22.1 Å². The molecule has 1 aliphatic heterocycles. The van der Waals surface area contributed by atoms with E-state index < -0.39 is 17.9 Å². The van der Waals surface area contributed by atoms with Gasteiger partial charge in [0.2, 0.25) is 0 Å². The number of nitrogens with one attached hydrogen (secondary N) is 1. The monoisotopic (exact) mass is 622 g/mol. The van der Waals surface area contributed by atoms with Gasteiger partial charge in [0.05, 0.1) is 33.9 Å². The second-order valence-corrected chi connectivity index (χ2v) is 11.3. The molecule has 6 rings (SSSR count). The fourth-order valence-corrected chi connectivity index (χ4v) is 5.89. The molecule has 0 bridgehead atoms. The lowest BCUT2D eigenvalue weighted by Gasteiger charge is -2.18. The smallest absolute Gasteiger partial charge is 0.332 e. The van der Waals surface area contributed by atoms with Gasteiger partial charge >= 0.3 is 12.1 Å². The van der Waals surface area contributed by atoms with Gasteiger partial charge in [-0.3, -0.25) is 14.9 Å². The van der Waals surface area contributed by atoms with E-state index in [9.17, 15) is 9.59 Å². The van der Waals surface area contributed by atoms with Crippen LogP contribution in [0.3, 0.4) is 0 Å². The Morgan fingerprint density at radius 1 is 1.07 bits per heavy atom. The molecule has 1 saturated heterocycles. The minimum atomic E-state index is -0.676. The molecule has 4 heterocycles. The van der Waals surface area contributed by atoms with Crippen LogP contribution in [-0.4, -0.2) is 73.1 Å². The number of carbonyl (C=O) groups is 2. The number of carbonyl (C=O) groups excluding carboxylic acids is 2. The summed E-state index contributed by atoms with van der Waals surface area (Å²) < 4.78 is 26.9. The summed E-state index contributed by atoms with van der Waals surface area (Å²) in [6.07, 6.45) is 3.38. The maximum atomic E-state index is 15.2. The number of thiophene rings is 1. The number of anilines is 2. The summed E-state index contributed by atoms with van der Waals surface area (Å²) in [6, 6.07) is 19.6. The van der Waals surface area contributed by atoms with E-state index in [0.717, 1.165) is 31.8 Å². The van der Waals surface area contributed by atoms with E-state index >= 15 is 4.39 Å². The van der Waals surface area contributed by atoms with Crippen LogP contribution in [0.1, 0.15) is 5.56 Å². The lowest BCUT2D eigenvalue weighted by atomic mass is 10.2. The molecule has 0 atom stereocenters. The fraction of sp³-hybridized carbons (Fsp3) is 0.188. The molecular formula is C32H28BFN6O4S. The van der Waals surface area contributed by atoms with Gasteiger partial charge in [-0.05, 0) is 42.0 Å². The van der Waals surface area contributed by atoms with E-state index in [1.807, 2.05) is 36.4 Å². The largest absolute Gasteiger partial charge is 0.453 e. The van der Waals surface area contributed by atoms with Crippen LogP contribution in [0.15, 0.2) is 85.2 Å². The van der Waals surface area contributed by atoms with Gasteiger partial charge in [-0.25, -0.2) is 18.9 Å². The molecule has 2 radical (unpaired) electrons. The number of amides is 4. The summed E-state index contributed by atoms with van der Waals surface area (Å²) in [5.41, 5.74) is 3.32. The van der Waals surface area contributed by atoms with Crippen LogP contribution >= 0.6 is 11.3 Å². The average molecular weight is 622 g/mol. The van der Waals surface area contributed by atoms with Gasteiger partial charge in [0.15, 0.2) is 19.5 Å². The first-order chi connectivity index (χ1) is 21.9. The second kappa shape index (κ2) is 13.4. The molecule has 4 amide bonds. The topological polar surface area (TPSA) is 100 Å². The standard InChI is InChI=1S/C32H28BFN6O4S/c1-43-16-15-38(33)20-21-7-9-25(36-19-21)29-18-26-30(45-29)28(11-12-35-26)44-27-10-8-22(17-24(27)34)37-31(41)40-14-13-39(32(40)42)23-5-3-2-4-6-23/h2-12,17-19H,13-16,20H2,1H3,(H,37,41). The van der Waals surface area contributed by atoms with E-state index in [-0.39, 0.29) is 18.0 Å². The number of imide groups is 1. The molecule has 226 valence electrons. The number of pyridine rings is 2. The lowest BCUT2D eigenvalue weighted by Crippen LogP contribution is -2.39. The molecule has 13 heteroatoms. The van der Waals surface area contributed by atoms with E-state index in [4.69, 9.17) is 17.5 Å². The van der Waals surface area contributed by atoms with Crippen molar-refractivity contribution in [3.05, 3.63) is 96.6 Å². The van der Waals surface area contributed by atoms with Gasteiger partial charge in [-0.15, -0.1) is 11.3 Å². The van der Waals surface area contributed by atoms with Crippen molar-refractivity contribution in [1.29, 1.82) is 0 Å². The number of para-hydroxylation sites is 1. The van der Waals surface area contributed by atoms with Crippen LogP contribution in [0.25, 0.3) is 20.8 Å². The third-order valence-electron chi connectivity index (χ3n) is 7.15. The molecule has 2 aromatic carbocycles. The average Bonchev–Trinajstić information content (AvgIpc) is 3.66. The van der Waals surface area contributed by atoms with E-state index in [2.05, 4.69) is 15.3 Å². The summed E-state index contributed by atoms with van der Waals surface area (Å²) in [6.45, 7) is 2.27. The van der Waals surface area contributed by atoms with Crippen molar-refractivity contribution in [3.63, 3.8) is 0 Å². The Bertz CT molecular complexity index is 1820. The lowest BCUT2D eigenvalue weighted by molar-refractivity contribution is 0.179. The summed E-state index contributed by atoms with van der Waals surface area (Å²) >= 11 is 1.43. The first-order valence-electron chi connectivity index (χ1n) is 14.1. The number of benzene rings is 2. The fourth-order valence-electron chi connectivity index (χ4n) is 4.85. The highest BCUT2D eigenvalue weighted by atomic mass is 32.1. The van der Waals surface area contributed by atoms with Crippen molar-refractivity contribution in [2.45, 2.75) is 6.54 Å². The molecule has 1 fully saturated rings. The third-order valence-corrected chi connectivity index (χ3v) is 8.31. The SMILES string of the molecule is [B]N(CCOC)Cc1ccc(-c2cc3nccc(Oc4ccc(NC(=O)N5CCN(c6ccccc6)C5=O)cc4F)c3s2)nc1. The molecule has 1 aliphatic rings. The van der Waals surface area contributed by atoms with Crippen LogP contribution in [0.5, 0.6) is 11.5 Å². The summed E-state index contributed by atoms with van der Waals surface area (Å²) in [5, 5.41) is 2.61. The number of nitrogens with zero attached hydrogens (tertiary/aromatic N) is 5.